The van der Waals surface area contributed by atoms with Gasteiger partial charge in [-0.05, 0) is 47.9 Å². The van der Waals surface area contributed by atoms with E-state index in [0.29, 0.717) is 5.75 Å². The van der Waals surface area contributed by atoms with Crippen LogP contribution in [0.5, 0.6) is 5.75 Å². The van der Waals surface area contributed by atoms with Crippen LogP contribution in [-0.4, -0.2) is 30.7 Å². The molecule has 0 radical (unpaired) electrons. The molecule has 0 aliphatic carbocycles. The Labute approximate surface area is 169 Å². The largest absolute Gasteiger partial charge is 0.481 e. The molecule has 0 spiro atoms. The van der Waals surface area contributed by atoms with E-state index in [0.717, 1.165) is 5.56 Å². The lowest BCUT2D eigenvalue weighted by molar-refractivity contribution is -0.123. The average molecular weight is 395 g/mol. The van der Waals surface area contributed by atoms with Crippen LogP contribution in [0.4, 0.5) is 4.39 Å². The van der Waals surface area contributed by atoms with Crippen LogP contribution in [0.1, 0.15) is 29.8 Å². The number of hydrogen-bond donors (Lipinski definition) is 2. The summed E-state index contributed by atoms with van der Waals surface area (Å²) in [7, 11) is 0. The topological polar surface area (TPSA) is 79.8 Å². The zero-order valence-corrected chi connectivity index (χ0v) is 16.2. The Bertz CT molecular complexity index is 918. The standard InChI is InChI=1S/C22H22FN3O3/c1-4-13-29-17-11-9-16(10-12-17)14-24-26-22(28)20(15(2)3)25-21(27)18-7-5-6-8-19(18)23/h1,5-12,14-15,20H,13H2,2-3H3,(H,25,27)(H,26,28). The van der Waals surface area contributed by atoms with Crippen molar-refractivity contribution >= 4 is 18.0 Å². The number of nitrogens with zero attached hydrogens (tertiary/aromatic N) is 1. The minimum absolute atomic E-state index is 0.124. The fourth-order valence-electron chi connectivity index (χ4n) is 2.41. The Morgan fingerprint density at radius 3 is 2.52 bits per heavy atom. The maximum atomic E-state index is 13.8. The second-order valence-corrected chi connectivity index (χ2v) is 6.47. The maximum absolute atomic E-state index is 13.8. The molecule has 7 heteroatoms. The number of carbonyl (C=O) groups is 2. The third kappa shape index (κ3) is 6.47. The molecule has 150 valence electrons. The van der Waals surface area contributed by atoms with E-state index >= 15 is 0 Å². The van der Waals surface area contributed by atoms with E-state index in [1.54, 1.807) is 44.2 Å². The molecule has 2 amide bonds. The molecule has 0 bridgehead atoms. The van der Waals surface area contributed by atoms with Crippen molar-refractivity contribution in [2.24, 2.45) is 11.0 Å². The number of nitrogens with one attached hydrogen (secondary N) is 2. The van der Waals surface area contributed by atoms with Gasteiger partial charge in [-0.3, -0.25) is 9.59 Å². The molecule has 6 nitrogen and oxygen atoms in total. The normalized spacial score (nSPS) is 11.7. The Balaban J connectivity index is 1.97. The first-order chi connectivity index (χ1) is 13.9. The molecule has 2 N–H and O–H groups in total. The van der Waals surface area contributed by atoms with Crippen molar-refractivity contribution in [3.63, 3.8) is 0 Å². The van der Waals surface area contributed by atoms with Gasteiger partial charge in [0.2, 0.25) is 0 Å². The molecular weight excluding hydrogens is 373 g/mol. The number of rotatable bonds is 8. The molecule has 0 aliphatic rings. The molecule has 0 saturated heterocycles. The lowest BCUT2D eigenvalue weighted by Gasteiger charge is -2.20. The number of benzene rings is 2. The van der Waals surface area contributed by atoms with E-state index in [2.05, 4.69) is 21.8 Å². The van der Waals surface area contributed by atoms with E-state index in [9.17, 15) is 14.0 Å². The number of hydrogen-bond acceptors (Lipinski definition) is 4. The molecular formula is C22H22FN3O3. The first-order valence-electron chi connectivity index (χ1n) is 8.97. The van der Waals surface area contributed by atoms with E-state index in [1.807, 2.05) is 0 Å². The van der Waals surface area contributed by atoms with Crippen molar-refractivity contribution in [3.05, 3.63) is 65.5 Å². The van der Waals surface area contributed by atoms with Crippen LogP contribution in [-0.2, 0) is 4.79 Å². The van der Waals surface area contributed by atoms with Crippen LogP contribution in [0, 0.1) is 24.1 Å². The number of carbonyl (C=O) groups excluding carboxylic acids is 2. The summed E-state index contributed by atoms with van der Waals surface area (Å²) in [5.41, 5.74) is 3.00. The first kappa shape index (κ1) is 21.6. The van der Waals surface area contributed by atoms with E-state index in [4.69, 9.17) is 11.2 Å². The molecule has 0 aliphatic heterocycles. The summed E-state index contributed by atoms with van der Waals surface area (Å²) >= 11 is 0. The van der Waals surface area contributed by atoms with Crippen LogP contribution >= 0.6 is 0 Å². The van der Waals surface area contributed by atoms with Crippen LogP contribution in [0.25, 0.3) is 0 Å². The summed E-state index contributed by atoms with van der Waals surface area (Å²) in [4.78, 5) is 24.7. The Kier molecular flexibility index (Phi) is 7.92. The highest BCUT2D eigenvalue weighted by Gasteiger charge is 2.25. The van der Waals surface area contributed by atoms with Crippen LogP contribution in [0.3, 0.4) is 0 Å². The highest BCUT2D eigenvalue weighted by molar-refractivity contribution is 5.98. The van der Waals surface area contributed by atoms with Crippen LogP contribution in [0.2, 0.25) is 0 Å². The van der Waals surface area contributed by atoms with Gasteiger partial charge in [0.1, 0.15) is 24.2 Å². The molecule has 2 aromatic carbocycles. The predicted octanol–water partition coefficient (Wildman–Crippen LogP) is 2.74. The van der Waals surface area contributed by atoms with Crippen molar-refractivity contribution in [1.82, 2.24) is 10.7 Å². The van der Waals surface area contributed by atoms with Gasteiger partial charge in [0.05, 0.1) is 11.8 Å². The van der Waals surface area contributed by atoms with Gasteiger partial charge in [-0.25, -0.2) is 9.82 Å². The SMILES string of the molecule is C#CCOc1ccc(C=NNC(=O)C(NC(=O)c2ccccc2F)C(C)C)cc1. The molecule has 29 heavy (non-hydrogen) atoms. The summed E-state index contributed by atoms with van der Waals surface area (Å²) in [6.45, 7) is 3.72. The van der Waals surface area contributed by atoms with Crippen molar-refractivity contribution in [2.75, 3.05) is 6.61 Å². The fraction of sp³-hybridized carbons (Fsp3) is 0.227. The predicted molar refractivity (Wildman–Crippen MR) is 109 cm³/mol. The highest BCUT2D eigenvalue weighted by atomic mass is 19.1. The zero-order valence-electron chi connectivity index (χ0n) is 16.2. The second kappa shape index (κ2) is 10.6. The number of ether oxygens (including phenoxy) is 1. The first-order valence-corrected chi connectivity index (χ1v) is 8.97. The van der Waals surface area contributed by atoms with E-state index in [1.165, 1.54) is 24.4 Å². The number of halogens is 1. The van der Waals surface area contributed by atoms with Crippen molar-refractivity contribution in [2.45, 2.75) is 19.9 Å². The van der Waals surface area contributed by atoms with Gasteiger partial charge in [-0.1, -0.05) is 31.9 Å². The van der Waals surface area contributed by atoms with E-state index in [-0.39, 0.29) is 18.1 Å². The van der Waals surface area contributed by atoms with Gasteiger partial charge in [-0.15, -0.1) is 6.42 Å². The second-order valence-electron chi connectivity index (χ2n) is 6.47. The molecule has 0 heterocycles. The smallest absolute Gasteiger partial charge is 0.262 e. The van der Waals surface area contributed by atoms with Gasteiger partial charge < -0.3 is 10.1 Å². The summed E-state index contributed by atoms with van der Waals surface area (Å²) < 4.78 is 19.1. The summed E-state index contributed by atoms with van der Waals surface area (Å²) in [6.07, 6.45) is 6.59. The summed E-state index contributed by atoms with van der Waals surface area (Å²) in [6, 6.07) is 11.7. The fourth-order valence-corrected chi connectivity index (χ4v) is 2.41. The maximum Gasteiger partial charge on any atom is 0.262 e. The van der Waals surface area contributed by atoms with Gasteiger partial charge in [-0.2, -0.15) is 5.10 Å². The van der Waals surface area contributed by atoms with Crippen molar-refractivity contribution < 1.29 is 18.7 Å². The quantitative estimate of drug-likeness (QED) is 0.410. The molecule has 0 saturated carbocycles. The van der Waals surface area contributed by atoms with Gasteiger partial charge in [0, 0.05) is 0 Å². The molecule has 2 aromatic rings. The number of amides is 2. The average Bonchev–Trinajstić information content (AvgIpc) is 2.71. The zero-order chi connectivity index (χ0) is 21.2. The monoisotopic (exact) mass is 395 g/mol. The van der Waals surface area contributed by atoms with Crippen molar-refractivity contribution in [1.29, 1.82) is 0 Å². The lowest BCUT2D eigenvalue weighted by Crippen LogP contribution is -2.48. The molecule has 2 rings (SSSR count). The third-order valence-corrected chi connectivity index (χ3v) is 3.94. The van der Waals surface area contributed by atoms with Gasteiger partial charge in [0.25, 0.3) is 11.8 Å². The summed E-state index contributed by atoms with van der Waals surface area (Å²) in [5, 5.41) is 6.46. The van der Waals surface area contributed by atoms with Crippen molar-refractivity contribution in [3.8, 4) is 18.1 Å². The third-order valence-electron chi connectivity index (χ3n) is 3.94. The Morgan fingerprint density at radius 1 is 1.21 bits per heavy atom. The highest BCUT2D eigenvalue weighted by Crippen LogP contribution is 2.11. The van der Waals surface area contributed by atoms with Crippen LogP contribution in [0.15, 0.2) is 53.6 Å². The van der Waals surface area contributed by atoms with Crippen LogP contribution < -0.4 is 15.5 Å². The number of hydrazone groups is 1. The van der Waals surface area contributed by atoms with E-state index < -0.39 is 23.7 Å². The molecule has 0 fully saturated rings. The minimum Gasteiger partial charge on any atom is -0.481 e. The summed E-state index contributed by atoms with van der Waals surface area (Å²) in [5.74, 6) is 0.954. The minimum atomic E-state index is -0.876. The molecule has 1 atom stereocenters. The lowest BCUT2D eigenvalue weighted by atomic mass is 10.0. The van der Waals surface area contributed by atoms with Gasteiger partial charge in [0.15, 0.2) is 0 Å². The van der Waals surface area contributed by atoms with Gasteiger partial charge >= 0.3 is 0 Å². The molecule has 1 unspecified atom stereocenters. The number of terminal acetylenes is 1. The molecule has 0 aromatic heterocycles. The Hall–Kier alpha value is -3.66. The Morgan fingerprint density at radius 2 is 1.90 bits per heavy atom.